The highest BCUT2D eigenvalue weighted by atomic mass is 79.9. The van der Waals surface area contributed by atoms with Gasteiger partial charge in [0.25, 0.3) is 5.91 Å². The van der Waals surface area contributed by atoms with E-state index in [4.69, 9.17) is 0 Å². The number of halogens is 1. The summed E-state index contributed by atoms with van der Waals surface area (Å²) >= 11 is 3.34. The summed E-state index contributed by atoms with van der Waals surface area (Å²) in [6.07, 6.45) is 5.23. The van der Waals surface area contributed by atoms with Crippen LogP contribution >= 0.6 is 15.9 Å². The van der Waals surface area contributed by atoms with Gasteiger partial charge in [0.05, 0.1) is 0 Å². The zero-order chi connectivity index (χ0) is 13.9. The lowest BCUT2D eigenvalue weighted by Crippen LogP contribution is -2.49. The fourth-order valence-corrected chi connectivity index (χ4v) is 2.57. The molecule has 1 amide bonds. The van der Waals surface area contributed by atoms with Gasteiger partial charge >= 0.3 is 0 Å². The number of hydrogen-bond acceptors (Lipinski definition) is 4. The van der Waals surface area contributed by atoms with Gasteiger partial charge in [-0.3, -0.25) is 4.79 Å². The van der Waals surface area contributed by atoms with Gasteiger partial charge in [0.15, 0.2) is 0 Å². The van der Waals surface area contributed by atoms with Gasteiger partial charge in [-0.25, -0.2) is 9.97 Å². The molecule has 0 unspecified atom stereocenters. The molecule has 2 aromatic heterocycles. The standard InChI is InChI=1S/C13H14BrN5O/c14-10-8-11(17-9-10)12(20)18-4-6-19(7-5-18)13-15-2-1-3-16-13/h1-3,8-9,17H,4-7H2. The Morgan fingerprint density at radius 1 is 1.20 bits per heavy atom. The quantitative estimate of drug-likeness (QED) is 0.903. The number of nitrogens with zero attached hydrogens (tertiary/aromatic N) is 4. The number of carbonyl (C=O) groups excluding carboxylic acids is 1. The molecule has 1 saturated heterocycles. The number of piperazine rings is 1. The van der Waals surface area contributed by atoms with Gasteiger partial charge in [0.1, 0.15) is 5.69 Å². The number of carbonyl (C=O) groups is 1. The molecular weight excluding hydrogens is 322 g/mol. The van der Waals surface area contributed by atoms with E-state index in [2.05, 4.69) is 35.8 Å². The van der Waals surface area contributed by atoms with Gasteiger partial charge in [-0.1, -0.05) is 0 Å². The molecule has 3 heterocycles. The second-order valence-electron chi connectivity index (χ2n) is 4.56. The summed E-state index contributed by atoms with van der Waals surface area (Å²) in [5, 5.41) is 0. The van der Waals surface area contributed by atoms with E-state index in [1.165, 1.54) is 0 Å². The maximum absolute atomic E-state index is 12.3. The van der Waals surface area contributed by atoms with Gasteiger partial charge in [-0.15, -0.1) is 0 Å². The predicted molar refractivity (Wildman–Crippen MR) is 78.6 cm³/mol. The monoisotopic (exact) mass is 335 g/mol. The van der Waals surface area contributed by atoms with Gasteiger partial charge < -0.3 is 14.8 Å². The Balaban J connectivity index is 1.63. The summed E-state index contributed by atoms with van der Waals surface area (Å²) in [6, 6.07) is 3.60. The minimum atomic E-state index is 0.0318. The van der Waals surface area contributed by atoms with Crippen molar-refractivity contribution in [1.82, 2.24) is 19.9 Å². The largest absolute Gasteiger partial charge is 0.356 e. The predicted octanol–water partition coefficient (Wildman–Crippen LogP) is 1.53. The van der Waals surface area contributed by atoms with Crippen LogP contribution in [-0.4, -0.2) is 51.9 Å². The highest BCUT2D eigenvalue weighted by molar-refractivity contribution is 9.10. The SMILES string of the molecule is O=C(c1cc(Br)c[nH]1)N1CCN(c2ncccn2)CC1. The molecule has 3 rings (SSSR count). The van der Waals surface area contributed by atoms with Crippen molar-refractivity contribution in [3.05, 3.63) is 40.9 Å². The Kier molecular flexibility index (Phi) is 3.68. The summed E-state index contributed by atoms with van der Waals surface area (Å²) in [6.45, 7) is 2.84. The number of anilines is 1. The molecule has 7 heteroatoms. The van der Waals surface area contributed by atoms with Crippen LogP contribution in [0.15, 0.2) is 35.2 Å². The summed E-state index contributed by atoms with van der Waals surface area (Å²) in [4.78, 5) is 27.7. The summed E-state index contributed by atoms with van der Waals surface area (Å²) in [7, 11) is 0. The smallest absolute Gasteiger partial charge is 0.270 e. The van der Waals surface area contributed by atoms with E-state index in [0.717, 1.165) is 23.5 Å². The van der Waals surface area contributed by atoms with Gasteiger partial charge in [0, 0.05) is 49.2 Å². The van der Waals surface area contributed by atoms with E-state index < -0.39 is 0 Å². The topological polar surface area (TPSA) is 65.1 Å². The van der Waals surface area contributed by atoms with Crippen LogP contribution in [-0.2, 0) is 0 Å². The summed E-state index contributed by atoms with van der Waals surface area (Å²) in [5.41, 5.74) is 0.612. The molecule has 20 heavy (non-hydrogen) atoms. The molecule has 1 N–H and O–H groups in total. The van der Waals surface area contributed by atoms with Gasteiger partial charge in [-0.2, -0.15) is 0 Å². The van der Waals surface area contributed by atoms with Crippen molar-refractivity contribution in [3.63, 3.8) is 0 Å². The van der Waals surface area contributed by atoms with Crippen LogP contribution in [0.4, 0.5) is 5.95 Å². The van der Waals surface area contributed by atoms with Crippen LogP contribution in [0.3, 0.4) is 0 Å². The zero-order valence-corrected chi connectivity index (χ0v) is 12.4. The van der Waals surface area contributed by atoms with Crippen molar-refractivity contribution in [2.24, 2.45) is 0 Å². The highest BCUT2D eigenvalue weighted by Gasteiger charge is 2.23. The number of amides is 1. The molecule has 1 aliphatic rings. The summed E-state index contributed by atoms with van der Waals surface area (Å²) < 4.78 is 0.886. The molecule has 104 valence electrons. The van der Waals surface area contributed by atoms with Crippen LogP contribution in [0.25, 0.3) is 0 Å². The molecule has 0 atom stereocenters. The Bertz CT molecular complexity index is 592. The third kappa shape index (κ3) is 2.67. The van der Waals surface area contributed by atoms with Crippen LogP contribution in [0.1, 0.15) is 10.5 Å². The number of nitrogens with one attached hydrogen (secondary N) is 1. The second-order valence-corrected chi connectivity index (χ2v) is 5.48. The lowest BCUT2D eigenvalue weighted by molar-refractivity contribution is 0.0741. The first-order valence-electron chi connectivity index (χ1n) is 6.39. The van der Waals surface area contributed by atoms with E-state index in [-0.39, 0.29) is 5.91 Å². The lowest BCUT2D eigenvalue weighted by Gasteiger charge is -2.34. The minimum Gasteiger partial charge on any atom is -0.356 e. The molecule has 0 radical (unpaired) electrons. The Hall–Kier alpha value is -1.89. The van der Waals surface area contributed by atoms with E-state index in [1.54, 1.807) is 30.7 Å². The Labute approximate surface area is 125 Å². The molecule has 0 bridgehead atoms. The maximum atomic E-state index is 12.3. The third-order valence-corrected chi connectivity index (χ3v) is 3.74. The van der Waals surface area contributed by atoms with E-state index in [9.17, 15) is 4.79 Å². The number of aromatic nitrogens is 3. The fourth-order valence-electron chi connectivity index (χ4n) is 2.23. The average molecular weight is 336 g/mol. The van der Waals surface area contributed by atoms with Gasteiger partial charge in [0.2, 0.25) is 5.95 Å². The molecule has 1 fully saturated rings. The zero-order valence-electron chi connectivity index (χ0n) is 10.8. The molecule has 1 aliphatic heterocycles. The van der Waals surface area contributed by atoms with Crippen molar-refractivity contribution in [2.45, 2.75) is 0 Å². The van der Waals surface area contributed by atoms with Gasteiger partial charge in [-0.05, 0) is 28.1 Å². The molecular formula is C13H14BrN5O. The van der Waals surface area contributed by atoms with Crippen LogP contribution < -0.4 is 4.90 Å². The van der Waals surface area contributed by atoms with E-state index in [1.807, 2.05) is 4.90 Å². The first-order valence-corrected chi connectivity index (χ1v) is 7.18. The van der Waals surface area contributed by atoms with Crippen molar-refractivity contribution in [1.29, 1.82) is 0 Å². The maximum Gasteiger partial charge on any atom is 0.270 e. The van der Waals surface area contributed by atoms with E-state index in [0.29, 0.717) is 18.8 Å². The average Bonchev–Trinajstić information content (AvgIpc) is 2.94. The molecule has 0 saturated carbocycles. The molecule has 2 aromatic rings. The Morgan fingerprint density at radius 2 is 1.90 bits per heavy atom. The second kappa shape index (κ2) is 5.62. The van der Waals surface area contributed by atoms with Crippen molar-refractivity contribution in [2.75, 3.05) is 31.1 Å². The number of rotatable bonds is 2. The number of H-pyrrole nitrogens is 1. The first kappa shape index (κ1) is 13.1. The Morgan fingerprint density at radius 3 is 2.50 bits per heavy atom. The highest BCUT2D eigenvalue weighted by Crippen LogP contribution is 2.15. The molecule has 0 spiro atoms. The van der Waals surface area contributed by atoms with E-state index >= 15 is 0 Å². The lowest BCUT2D eigenvalue weighted by atomic mass is 10.3. The van der Waals surface area contributed by atoms with Crippen LogP contribution in [0.2, 0.25) is 0 Å². The van der Waals surface area contributed by atoms with Crippen molar-refractivity contribution >= 4 is 27.8 Å². The summed E-state index contributed by atoms with van der Waals surface area (Å²) in [5.74, 6) is 0.756. The third-order valence-electron chi connectivity index (χ3n) is 3.28. The first-order chi connectivity index (χ1) is 9.74. The van der Waals surface area contributed by atoms with Crippen molar-refractivity contribution in [3.8, 4) is 0 Å². The normalized spacial score (nSPS) is 15.4. The fraction of sp³-hybridized carbons (Fsp3) is 0.308. The molecule has 0 aromatic carbocycles. The van der Waals surface area contributed by atoms with Crippen LogP contribution in [0.5, 0.6) is 0 Å². The van der Waals surface area contributed by atoms with Crippen LogP contribution in [0, 0.1) is 0 Å². The number of hydrogen-bond donors (Lipinski definition) is 1. The minimum absolute atomic E-state index is 0.0318. The van der Waals surface area contributed by atoms with Crippen molar-refractivity contribution < 1.29 is 4.79 Å². The molecule has 0 aliphatic carbocycles. The number of aromatic amines is 1. The molecule has 6 nitrogen and oxygen atoms in total.